The van der Waals surface area contributed by atoms with E-state index in [4.69, 9.17) is 16.1 Å². The molecule has 2 aromatic carbocycles. The lowest BCUT2D eigenvalue weighted by Gasteiger charge is -2.26. The van der Waals surface area contributed by atoms with Crippen molar-refractivity contribution < 1.29 is 27.9 Å². The number of amides is 1. The normalized spacial score (nSPS) is 13.8. The molecule has 0 aliphatic carbocycles. The van der Waals surface area contributed by atoms with Crippen LogP contribution in [-0.4, -0.2) is 47.4 Å². The number of phenols is 2. The number of hydrogen-bond donors (Lipinski definition) is 2. The number of aromatic nitrogens is 1. The highest BCUT2D eigenvalue weighted by molar-refractivity contribution is 7.90. The summed E-state index contributed by atoms with van der Waals surface area (Å²) in [5.74, 6) is -0.299. The third kappa shape index (κ3) is 4.24. The number of halogens is 1. The number of nitrogens with zero attached hydrogens (tertiary/aromatic N) is 2. The highest BCUT2D eigenvalue weighted by Gasteiger charge is 2.29. The molecule has 1 aliphatic heterocycles. The molecule has 0 saturated heterocycles. The Morgan fingerprint density at radius 2 is 1.90 bits per heavy atom. The quantitative estimate of drug-likeness (QED) is 0.611. The number of fused-ring (bicyclic) bond motifs is 1. The largest absolute Gasteiger partial charge is 0.507 e. The first-order chi connectivity index (χ1) is 14.6. The van der Waals surface area contributed by atoms with Crippen LogP contribution in [0.2, 0.25) is 5.02 Å². The summed E-state index contributed by atoms with van der Waals surface area (Å²) in [4.78, 5) is 14.7. The Hall–Kier alpha value is -3.04. The van der Waals surface area contributed by atoms with E-state index >= 15 is 0 Å². The van der Waals surface area contributed by atoms with Crippen LogP contribution in [0.25, 0.3) is 11.3 Å². The molecule has 0 radical (unpaired) electrons. The lowest BCUT2D eigenvalue weighted by atomic mass is 10.00. The molecular weight excluding hydrogens is 444 g/mol. The van der Waals surface area contributed by atoms with Crippen LogP contribution in [0.4, 0.5) is 0 Å². The molecule has 31 heavy (non-hydrogen) atoms. The first-order valence-electron chi connectivity index (χ1n) is 9.39. The van der Waals surface area contributed by atoms with Crippen LogP contribution < -0.4 is 0 Å². The number of phenolic OH excluding ortho intramolecular Hbond substituents is 2. The monoisotopic (exact) mass is 462 g/mol. The van der Waals surface area contributed by atoms with E-state index in [-0.39, 0.29) is 45.9 Å². The number of hydrogen-bond acceptors (Lipinski definition) is 7. The van der Waals surface area contributed by atoms with Crippen molar-refractivity contribution in [3.63, 3.8) is 0 Å². The summed E-state index contributed by atoms with van der Waals surface area (Å²) >= 11 is 5.97. The predicted molar refractivity (Wildman–Crippen MR) is 113 cm³/mol. The van der Waals surface area contributed by atoms with Gasteiger partial charge in [-0.05, 0) is 23.8 Å². The minimum atomic E-state index is -3.29. The molecule has 4 rings (SSSR count). The van der Waals surface area contributed by atoms with Crippen molar-refractivity contribution >= 4 is 27.3 Å². The zero-order chi connectivity index (χ0) is 22.3. The molecule has 2 heterocycles. The van der Waals surface area contributed by atoms with E-state index in [2.05, 4.69) is 5.16 Å². The van der Waals surface area contributed by atoms with Gasteiger partial charge in [0, 0.05) is 30.9 Å². The van der Waals surface area contributed by atoms with Crippen molar-refractivity contribution in [2.75, 3.05) is 12.8 Å². The number of aromatic hydroxyl groups is 2. The number of rotatable bonds is 4. The molecule has 0 spiro atoms. The minimum absolute atomic E-state index is 0.0548. The maximum absolute atomic E-state index is 12.8. The second-order valence-corrected chi connectivity index (χ2v) is 9.84. The van der Waals surface area contributed by atoms with Crippen LogP contribution in [0.5, 0.6) is 11.5 Å². The third-order valence-corrected chi connectivity index (χ3v) is 6.64. The van der Waals surface area contributed by atoms with Gasteiger partial charge in [-0.15, -0.1) is 0 Å². The van der Waals surface area contributed by atoms with Crippen LogP contribution in [0, 0.1) is 0 Å². The summed E-state index contributed by atoms with van der Waals surface area (Å²) in [6, 6.07) is 8.74. The van der Waals surface area contributed by atoms with E-state index in [9.17, 15) is 23.4 Å². The molecule has 3 aromatic rings. The lowest BCUT2D eigenvalue weighted by molar-refractivity contribution is -0.131. The minimum Gasteiger partial charge on any atom is -0.507 e. The molecular formula is C21H19ClN2O6S. The van der Waals surface area contributed by atoms with Crippen LogP contribution in [0.3, 0.4) is 0 Å². The Morgan fingerprint density at radius 3 is 2.58 bits per heavy atom. The zero-order valence-corrected chi connectivity index (χ0v) is 18.1. The van der Waals surface area contributed by atoms with E-state index < -0.39 is 9.84 Å². The molecule has 1 aliphatic rings. The standard InChI is InChI=1S/C21H19ClN2O6S/c1-31(28,29)13-4-2-12(3-5-13)8-20(27)24-7-6-17-15(11-24)21(30-23-17)14-9-16(22)19(26)10-18(14)25/h2-5,9-10,25-26H,6-8,11H2,1H3. The second-order valence-electron chi connectivity index (χ2n) is 7.42. The van der Waals surface area contributed by atoms with Gasteiger partial charge < -0.3 is 19.6 Å². The van der Waals surface area contributed by atoms with Crippen molar-refractivity contribution in [2.24, 2.45) is 0 Å². The van der Waals surface area contributed by atoms with Gasteiger partial charge in [0.2, 0.25) is 5.91 Å². The third-order valence-electron chi connectivity index (χ3n) is 5.21. The maximum Gasteiger partial charge on any atom is 0.227 e. The Balaban J connectivity index is 1.55. The number of sulfone groups is 1. The summed E-state index contributed by atoms with van der Waals surface area (Å²) in [5.41, 5.74) is 2.35. The van der Waals surface area contributed by atoms with Gasteiger partial charge in [0.15, 0.2) is 15.6 Å². The Labute approximate surface area is 183 Å². The summed E-state index contributed by atoms with van der Waals surface area (Å²) < 4.78 is 28.6. The molecule has 0 unspecified atom stereocenters. The van der Waals surface area contributed by atoms with Crippen molar-refractivity contribution in [1.82, 2.24) is 10.1 Å². The first kappa shape index (κ1) is 21.2. The van der Waals surface area contributed by atoms with Gasteiger partial charge in [-0.1, -0.05) is 28.9 Å². The molecule has 0 bridgehead atoms. The van der Waals surface area contributed by atoms with E-state index in [0.29, 0.717) is 35.5 Å². The second kappa shape index (κ2) is 7.90. The van der Waals surface area contributed by atoms with E-state index in [1.165, 1.54) is 18.2 Å². The van der Waals surface area contributed by atoms with Gasteiger partial charge in [0.25, 0.3) is 0 Å². The Morgan fingerprint density at radius 1 is 1.19 bits per heavy atom. The van der Waals surface area contributed by atoms with Crippen LogP contribution in [-0.2, 0) is 34.0 Å². The van der Waals surface area contributed by atoms with Crippen LogP contribution in [0.1, 0.15) is 16.8 Å². The summed E-state index contributed by atoms with van der Waals surface area (Å²) in [7, 11) is -3.29. The van der Waals surface area contributed by atoms with E-state index in [1.807, 2.05) is 0 Å². The summed E-state index contributed by atoms with van der Waals surface area (Å²) in [5, 5.41) is 24.0. The molecule has 0 fully saturated rings. The van der Waals surface area contributed by atoms with Gasteiger partial charge in [-0.25, -0.2) is 8.42 Å². The van der Waals surface area contributed by atoms with Crippen molar-refractivity contribution in [2.45, 2.75) is 24.3 Å². The highest BCUT2D eigenvalue weighted by Crippen LogP contribution is 2.40. The Bertz CT molecular complexity index is 1270. The smallest absolute Gasteiger partial charge is 0.227 e. The predicted octanol–water partition coefficient (Wildman–Crippen LogP) is 2.94. The number of carbonyl (C=O) groups is 1. The highest BCUT2D eigenvalue weighted by atomic mass is 35.5. The average Bonchev–Trinajstić information content (AvgIpc) is 3.13. The zero-order valence-electron chi connectivity index (χ0n) is 16.5. The summed E-state index contributed by atoms with van der Waals surface area (Å²) in [6.07, 6.45) is 1.74. The fraction of sp³-hybridized carbons (Fsp3) is 0.238. The fourth-order valence-electron chi connectivity index (χ4n) is 3.51. The van der Waals surface area contributed by atoms with Crippen molar-refractivity contribution in [3.8, 4) is 22.8 Å². The first-order valence-corrected chi connectivity index (χ1v) is 11.7. The Kier molecular flexibility index (Phi) is 5.40. The molecule has 8 nitrogen and oxygen atoms in total. The fourth-order valence-corrected chi connectivity index (χ4v) is 4.30. The van der Waals surface area contributed by atoms with Gasteiger partial charge in [0.1, 0.15) is 11.5 Å². The van der Waals surface area contributed by atoms with Gasteiger partial charge in [0.05, 0.1) is 34.1 Å². The molecule has 1 aromatic heterocycles. The number of benzene rings is 2. The van der Waals surface area contributed by atoms with Gasteiger partial charge in [-0.2, -0.15) is 0 Å². The summed E-state index contributed by atoms with van der Waals surface area (Å²) in [6.45, 7) is 0.702. The average molecular weight is 463 g/mol. The van der Waals surface area contributed by atoms with Crippen molar-refractivity contribution in [1.29, 1.82) is 0 Å². The van der Waals surface area contributed by atoms with Gasteiger partial charge in [-0.3, -0.25) is 4.79 Å². The van der Waals surface area contributed by atoms with Crippen LogP contribution in [0.15, 0.2) is 45.8 Å². The lowest BCUT2D eigenvalue weighted by Crippen LogP contribution is -2.36. The molecule has 2 N–H and O–H groups in total. The van der Waals surface area contributed by atoms with E-state index in [1.54, 1.807) is 17.0 Å². The molecule has 1 amide bonds. The number of carbonyl (C=O) groups excluding carboxylic acids is 1. The molecule has 10 heteroatoms. The van der Waals surface area contributed by atoms with E-state index in [0.717, 1.165) is 12.3 Å². The topological polar surface area (TPSA) is 121 Å². The van der Waals surface area contributed by atoms with Crippen LogP contribution >= 0.6 is 11.6 Å². The molecule has 162 valence electrons. The SMILES string of the molecule is CS(=O)(=O)c1ccc(CC(=O)N2CCc3noc(-c4cc(Cl)c(O)cc4O)c3C2)cc1. The van der Waals surface area contributed by atoms with Gasteiger partial charge >= 0.3 is 0 Å². The molecule has 0 saturated carbocycles. The molecule has 0 atom stereocenters. The van der Waals surface area contributed by atoms with Crippen molar-refractivity contribution in [3.05, 3.63) is 58.2 Å². The maximum atomic E-state index is 12.8.